The Hall–Kier alpha value is -0.520. The zero-order valence-corrected chi connectivity index (χ0v) is 21.2. The van der Waals surface area contributed by atoms with Crippen molar-refractivity contribution in [2.75, 3.05) is 19.6 Å². The van der Waals surface area contributed by atoms with Crippen LogP contribution in [0.15, 0.2) is 0 Å². The Labute approximate surface area is 189 Å². The summed E-state index contributed by atoms with van der Waals surface area (Å²) in [6.07, 6.45) is 19.3. The maximum absolute atomic E-state index is 6.26. The van der Waals surface area contributed by atoms with Gasteiger partial charge in [0, 0.05) is 25.6 Å². The predicted octanol–water partition coefficient (Wildman–Crippen LogP) is 7.85. The summed E-state index contributed by atoms with van der Waals surface area (Å²) >= 11 is 0. The average Bonchev–Trinajstić information content (AvgIpc) is 2.74. The lowest BCUT2D eigenvalue weighted by Gasteiger charge is -2.35. The monoisotopic (exact) mass is 419 g/mol. The van der Waals surface area contributed by atoms with E-state index >= 15 is 0 Å². The Morgan fingerprint density at radius 1 is 0.767 bits per heavy atom. The highest BCUT2D eigenvalue weighted by atomic mass is 16.5. The number of unbranched alkanes of at least 4 members (excludes halogenated alkanes) is 6. The molecular weight excluding hydrogens is 366 g/mol. The summed E-state index contributed by atoms with van der Waals surface area (Å²) in [5, 5.41) is 0. The van der Waals surface area contributed by atoms with Gasteiger partial charge in [-0.25, -0.2) is 0 Å². The van der Waals surface area contributed by atoms with Crippen LogP contribution in [0.4, 0.5) is 0 Å². The molecule has 0 saturated carbocycles. The van der Waals surface area contributed by atoms with Gasteiger partial charge in [-0.2, -0.15) is 0 Å². The largest absolute Gasteiger partial charge is 0.362 e. The van der Waals surface area contributed by atoms with Crippen molar-refractivity contribution in [3.63, 3.8) is 0 Å². The van der Waals surface area contributed by atoms with E-state index in [-0.39, 0.29) is 6.10 Å². The third-order valence-electron chi connectivity index (χ3n) is 6.63. The lowest BCUT2D eigenvalue weighted by atomic mass is 9.93. The van der Waals surface area contributed by atoms with Crippen LogP contribution in [0, 0.1) is 23.7 Å². The Morgan fingerprint density at radius 3 is 1.90 bits per heavy atom. The van der Waals surface area contributed by atoms with E-state index in [1.165, 1.54) is 110 Å². The molecule has 0 N–H and O–H groups in total. The van der Waals surface area contributed by atoms with E-state index in [4.69, 9.17) is 4.74 Å². The van der Waals surface area contributed by atoms with Crippen molar-refractivity contribution in [3.8, 4) is 11.8 Å². The standard InChI is InChI=1S/C28H53NO/c1-6-9-11-13-16-27(17-14-12-10-7-2)24-29-22-20-28(21-23-29)30-26(5)19-18-25(4)15-8-3/h25-28H,6-17,20-24H2,1-5H3/t25?,26-/m0/s1. The molecule has 0 aliphatic carbocycles. The van der Waals surface area contributed by atoms with Crippen molar-refractivity contribution in [1.29, 1.82) is 0 Å². The predicted molar refractivity (Wildman–Crippen MR) is 133 cm³/mol. The number of piperidine rings is 1. The van der Waals surface area contributed by atoms with Gasteiger partial charge < -0.3 is 9.64 Å². The molecule has 0 aromatic rings. The first-order valence-electron chi connectivity index (χ1n) is 13.5. The van der Waals surface area contributed by atoms with Crippen LogP contribution in [0.25, 0.3) is 0 Å². The quantitative estimate of drug-likeness (QED) is 0.186. The zero-order valence-electron chi connectivity index (χ0n) is 21.2. The second-order valence-electron chi connectivity index (χ2n) is 9.82. The van der Waals surface area contributed by atoms with E-state index in [9.17, 15) is 0 Å². The molecule has 1 unspecified atom stereocenters. The number of nitrogens with zero attached hydrogens (tertiary/aromatic N) is 1. The molecule has 1 aliphatic rings. The normalized spacial score (nSPS) is 17.7. The fraction of sp³-hybridized carbons (Fsp3) is 0.929. The van der Waals surface area contributed by atoms with Gasteiger partial charge in [0.25, 0.3) is 0 Å². The summed E-state index contributed by atoms with van der Waals surface area (Å²) in [6.45, 7) is 14.9. The van der Waals surface area contributed by atoms with Crippen LogP contribution >= 0.6 is 0 Å². The summed E-state index contributed by atoms with van der Waals surface area (Å²) in [6, 6.07) is 0. The van der Waals surface area contributed by atoms with Crippen molar-refractivity contribution in [3.05, 3.63) is 0 Å². The molecule has 1 rings (SSSR count). The molecule has 1 heterocycles. The fourth-order valence-electron chi connectivity index (χ4n) is 4.73. The Bertz CT molecular complexity index is 431. The molecule has 1 aliphatic heterocycles. The lowest BCUT2D eigenvalue weighted by Crippen LogP contribution is -2.40. The average molecular weight is 420 g/mol. The van der Waals surface area contributed by atoms with Gasteiger partial charge >= 0.3 is 0 Å². The fourth-order valence-corrected chi connectivity index (χ4v) is 4.73. The second kappa shape index (κ2) is 18.1. The Morgan fingerprint density at radius 2 is 1.37 bits per heavy atom. The SMILES string of the molecule is CCCCCCC(CCCCCC)CN1CCC(O[C@@H](C)C#CC(C)CCC)CC1. The molecule has 0 radical (unpaired) electrons. The number of rotatable bonds is 16. The molecule has 0 aromatic heterocycles. The minimum Gasteiger partial charge on any atom is -0.362 e. The lowest BCUT2D eigenvalue weighted by molar-refractivity contribution is -0.0146. The van der Waals surface area contributed by atoms with E-state index < -0.39 is 0 Å². The first kappa shape index (κ1) is 27.5. The minimum atomic E-state index is 0.0748. The highest BCUT2D eigenvalue weighted by Crippen LogP contribution is 2.23. The molecule has 0 bridgehead atoms. The molecule has 2 heteroatoms. The zero-order chi connectivity index (χ0) is 22.0. The molecule has 0 spiro atoms. The number of hydrogen-bond acceptors (Lipinski definition) is 2. The molecule has 30 heavy (non-hydrogen) atoms. The van der Waals surface area contributed by atoms with E-state index in [1.807, 2.05) is 0 Å². The summed E-state index contributed by atoms with van der Waals surface area (Å²) in [7, 11) is 0. The topological polar surface area (TPSA) is 12.5 Å². The first-order chi connectivity index (χ1) is 14.6. The van der Waals surface area contributed by atoms with Crippen LogP contribution in [-0.2, 0) is 4.74 Å². The molecule has 0 amide bonds. The maximum atomic E-state index is 6.26. The van der Waals surface area contributed by atoms with Gasteiger partial charge in [-0.15, -0.1) is 0 Å². The summed E-state index contributed by atoms with van der Waals surface area (Å²) in [4.78, 5) is 2.73. The van der Waals surface area contributed by atoms with Crippen molar-refractivity contribution in [2.45, 2.75) is 137 Å². The van der Waals surface area contributed by atoms with Crippen molar-refractivity contribution < 1.29 is 4.74 Å². The number of likely N-dealkylation sites (tertiary alicyclic amines) is 1. The summed E-state index contributed by atoms with van der Waals surface area (Å²) < 4.78 is 6.26. The van der Waals surface area contributed by atoms with Gasteiger partial charge in [0.1, 0.15) is 6.10 Å². The van der Waals surface area contributed by atoms with Crippen LogP contribution in [0.2, 0.25) is 0 Å². The molecule has 1 saturated heterocycles. The third-order valence-corrected chi connectivity index (χ3v) is 6.63. The second-order valence-corrected chi connectivity index (χ2v) is 9.82. The molecule has 176 valence electrons. The maximum Gasteiger partial charge on any atom is 0.115 e. The Balaban J connectivity index is 2.34. The van der Waals surface area contributed by atoms with Crippen LogP contribution < -0.4 is 0 Å². The third kappa shape index (κ3) is 13.7. The van der Waals surface area contributed by atoms with Crippen LogP contribution in [0.1, 0.15) is 125 Å². The van der Waals surface area contributed by atoms with Gasteiger partial charge in [-0.05, 0) is 44.9 Å². The van der Waals surface area contributed by atoms with Gasteiger partial charge in [0.05, 0.1) is 6.10 Å². The van der Waals surface area contributed by atoms with Gasteiger partial charge in [0.2, 0.25) is 0 Å². The van der Waals surface area contributed by atoms with Crippen LogP contribution in [0.5, 0.6) is 0 Å². The minimum absolute atomic E-state index is 0.0748. The van der Waals surface area contributed by atoms with Gasteiger partial charge in [-0.1, -0.05) is 97.3 Å². The van der Waals surface area contributed by atoms with Gasteiger partial charge in [-0.3, -0.25) is 0 Å². The highest BCUT2D eigenvalue weighted by molar-refractivity contribution is 5.06. The summed E-state index contributed by atoms with van der Waals surface area (Å²) in [5.74, 6) is 8.12. The molecule has 2 atom stereocenters. The summed E-state index contributed by atoms with van der Waals surface area (Å²) in [5.41, 5.74) is 0. The van der Waals surface area contributed by atoms with Crippen molar-refractivity contribution in [1.82, 2.24) is 4.90 Å². The van der Waals surface area contributed by atoms with Crippen molar-refractivity contribution >= 4 is 0 Å². The number of ether oxygens (including phenoxy) is 1. The first-order valence-corrected chi connectivity index (χ1v) is 13.5. The molecule has 0 aromatic carbocycles. The Kier molecular flexibility index (Phi) is 16.6. The molecule has 2 nitrogen and oxygen atoms in total. The van der Waals surface area contributed by atoms with E-state index in [0.29, 0.717) is 12.0 Å². The van der Waals surface area contributed by atoms with E-state index in [0.717, 1.165) is 5.92 Å². The van der Waals surface area contributed by atoms with Gasteiger partial charge in [0.15, 0.2) is 0 Å². The van der Waals surface area contributed by atoms with Crippen LogP contribution in [-0.4, -0.2) is 36.7 Å². The van der Waals surface area contributed by atoms with Crippen molar-refractivity contribution in [2.24, 2.45) is 11.8 Å². The number of hydrogen-bond donors (Lipinski definition) is 0. The van der Waals surface area contributed by atoms with E-state index in [2.05, 4.69) is 51.4 Å². The highest BCUT2D eigenvalue weighted by Gasteiger charge is 2.23. The van der Waals surface area contributed by atoms with Crippen LogP contribution in [0.3, 0.4) is 0 Å². The van der Waals surface area contributed by atoms with E-state index in [1.54, 1.807) is 0 Å². The smallest absolute Gasteiger partial charge is 0.115 e. The molecule has 1 fully saturated rings. The molecular formula is C28H53NO.